The predicted octanol–water partition coefficient (Wildman–Crippen LogP) is 6.46. The molecule has 0 saturated heterocycles. The Morgan fingerprint density at radius 1 is 0.565 bits per heavy atom. The van der Waals surface area contributed by atoms with Gasteiger partial charge in [-0.25, -0.2) is 0 Å². The molecule has 3 aromatic carbocycles. The van der Waals surface area contributed by atoms with E-state index < -0.39 is 0 Å². The molecule has 0 amide bonds. The topological polar surface area (TPSA) is 0 Å². The lowest BCUT2D eigenvalue weighted by molar-refractivity contribution is 1.44. The van der Waals surface area contributed by atoms with Crippen LogP contribution < -0.4 is 0 Å². The Hall–Kier alpha value is -2.31. The Kier molecular flexibility index (Phi) is 4.64. The van der Waals surface area contributed by atoms with Crippen LogP contribution in [0, 0.1) is 13.8 Å². The van der Waals surface area contributed by atoms with Gasteiger partial charge in [0.15, 0.2) is 0 Å². The van der Waals surface area contributed by atoms with E-state index in [1.54, 1.807) is 0 Å². The van der Waals surface area contributed by atoms with Crippen LogP contribution in [0.4, 0.5) is 0 Å². The molecule has 0 spiro atoms. The number of halogens is 1. The summed E-state index contributed by atoms with van der Waals surface area (Å²) in [6.45, 7) is 4.18. The zero-order valence-corrected chi connectivity index (χ0v) is 14.1. The van der Waals surface area contributed by atoms with Gasteiger partial charge < -0.3 is 0 Å². The van der Waals surface area contributed by atoms with Gasteiger partial charge in [0.25, 0.3) is 0 Å². The molecule has 0 aromatic heterocycles. The van der Waals surface area contributed by atoms with Crippen molar-refractivity contribution in [3.63, 3.8) is 0 Å². The van der Waals surface area contributed by atoms with Crippen molar-refractivity contribution in [1.82, 2.24) is 0 Å². The van der Waals surface area contributed by atoms with Crippen LogP contribution in [-0.4, -0.2) is 0 Å². The minimum atomic E-state index is 0.778. The number of hydrogen-bond donors (Lipinski definition) is 0. The Balaban J connectivity index is 2.20. The summed E-state index contributed by atoms with van der Waals surface area (Å²) in [7, 11) is 0. The standard InChI is InChI=1S/C22H19Cl/c1-16-8-12-19(13-9-16)21(18-6-4-3-5-7-18)22(23)20-14-10-17(2)11-15-20/h3-15H,1-2H3/b22-21-. The third kappa shape index (κ3) is 3.55. The highest BCUT2D eigenvalue weighted by Crippen LogP contribution is 2.34. The van der Waals surface area contributed by atoms with Crippen LogP contribution >= 0.6 is 11.6 Å². The van der Waals surface area contributed by atoms with E-state index in [0.717, 1.165) is 27.3 Å². The van der Waals surface area contributed by atoms with Crippen molar-refractivity contribution in [2.24, 2.45) is 0 Å². The number of rotatable bonds is 3. The highest BCUT2D eigenvalue weighted by molar-refractivity contribution is 6.53. The van der Waals surface area contributed by atoms with Gasteiger partial charge >= 0.3 is 0 Å². The summed E-state index contributed by atoms with van der Waals surface area (Å²) in [6.07, 6.45) is 0. The molecule has 0 bridgehead atoms. The summed E-state index contributed by atoms with van der Waals surface area (Å²) in [6, 6.07) is 27.2. The maximum absolute atomic E-state index is 6.81. The normalized spacial score (nSPS) is 12.0. The van der Waals surface area contributed by atoms with Crippen LogP contribution in [-0.2, 0) is 0 Å². The zero-order valence-electron chi connectivity index (χ0n) is 13.4. The summed E-state index contributed by atoms with van der Waals surface area (Å²) in [5, 5.41) is 0.778. The van der Waals surface area contributed by atoms with Crippen LogP contribution in [0.2, 0.25) is 0 Å². The van der Waals surface area contributed by atoms with Crippen LogP contribution in [0.25, 0.3) is 10.6 Å². The first-order valence-corrected chi connectivity index (χ1v) is 8.12. The fraction of sp³-hybridized carbons (Fsp3) is 0.0909. The highest BCUT2D eigenvalue weighted by atomic mass is 35.5. The Labute approximate surface area is 143 Å². The van der Waals surface area contributed by atoms with Crippen LogP contribution in [0.15, 0.2) is 78.9 Å². The van der Waals surface area contributed by atoms with Crippen molar-refractivity contribution in [3.05, 3.63) is 107 Å². The van der Waals surface area contributed by atoms with E-state index in [1.807, 2.05) is 18.2 Å². The van der Waals surface area contributed by atoms with Crippen molar-refractivity contribution in [2.75, 3.05) is 0 Å². The Morgan fingerprint density at radius 2 is 1.00 bits per heavy atom. The minimum Gasteiger partial charge on any atom is -0.0830 e. The molecule has 0 fully saturated rings. The van der Waals surface area contributed by atoms with E-state index in [4.69, 9.17) is 11.6 Å². The lowest BCUT2D eigenvalue weighted by Gasteiger charge is -2.13. The lowest BCUT2D eigenvalue weighted by atomic mass is 9.94. The minimum absolute atomic E-state index is 0.778. The molecule has 0 aliphatic rings. The molecule has 0 saturated carbocycles. The fourth-order valence-corrected chi connectivity index (χ4v) is 2.93. The van der Waals surface area contributed by atoms with E-state index >= 15 is 0 Å². The number of benzene rings is 3. The fourth-order valence-electron chi connectivity index (χ4n) is 2.59. The van der Waals surface area contributed by atoms with Gasteiger partial charge in [-0.1, -0.05) is 102 Å². The number of hydrogen-bond acceptors (Lipinski definition) is 0. The van der Waals surface area contributed by atoms with Gasteiger partial charge in [0.1, 0.15) is 0 Å². The van der Waals surface area contributed by atoms with E-state index in [1.165, 1.54) is 11.1 Å². The Morgan fingerprint density at radius 3 is 1.52 bits per heavy atom. The highest BCUT2D eigenvalue weighted by Gasteiger charge is 2.12. The molecule has 0 aliphatic heterocycles. The summed E-state index contributed by atoms with van der Waals surface area (Å²) in [5.41, 5.74) is 6.84. The maximum atomic E-state index is 6.81. The monoisotopic (exact) mass is 318 g/mol. The molecule has 0 unspecified atom stereocenters. The lowest BCUT2D eigenvalue weighted by Crippen LogP contribution is -1.92. The Bertz CT molecular complexity index is 810. The molecule has 1 heteroatoms. The van der Waals surface area contributed by atoms with Gasteiger partial charge in [-0.15, -0.1) is 0 Å². The molecule has 0 nitrogen and oxygen atoms in total. The van der Waals surface area contributed by atoms with Gasteiger partial charge in [-0.3, -0.25) is 0 Å². The third-order valence-corrected chi connectivity index (χ3v) is 4.33. The smallest absolute Gasteiger partial charge is 0.0562 e. The maximum Gasteiger partial charge on any atom is 0.0562 e. The molecular weight excluding hydrogens is 300 g/mol. The molecule has 0 radical (unpaired) electrons. The van der Waals surface area contributed by atoms with Gasteiger partial charge in [0.05, 0.1) is 5.03 Å². The van der Waals surface area contributed by atoms with E-state index in [9.17, 15) is 0 Å². The molecule has 0 heterocycles. The van der Waals surface area contributed by atoms with Crippen molar-refractivity contribution in [1.29, 1.82) is 0 Å². The van der Waals surface area contributed by atoms with Gasteiger partial charge in [0, 0.05) is 5.57 Å². The summed E-state index contributed by atoms with van der Waals surface area (Å²) < 4.78 is 0. The van der Waals surface area contributed by atoms with Crippen molar-refractivity contribution < 1.29 is 0 Å². The van der Waals surface area contributed by atoms with E-state index in [2.05, 4.69) is 74.5 Å². The van der Waals surface area contributed by atoms with Gasteiger partial charge in [-0.05, 0) is 30.5 Å². The second-order valence-corrected chi connectivity index (χ2v) is 6.17. The first kappa shape index (κ1) is 15.6. The summed E-state index contributed by atoms with van der Waals surface area (Å²) in [4.78, 5) is 0. The summed E-state index contributed by atoms with van der Waals surface area (Å²) in [5.74, 6) is 0. The first-order chi connectivity index (χ1) is 11.1. The van der Waals surface area contributed by atoms with Gasteiger partial charge in [0.2, 0.25) is 0 Å². The van der Waals surface area contributed by atoms with Crippen molar-refractivity contribution in [2.45, 2.75) is 13.8 Å². The molecule has 3 aromatic rings. The van der Waals surface area contributed by atoms with Crippen LogP contribution in [0.3, 0.4) is 0 Å². The second-order valence-electron chi connectivity index (χ2n) is 5.79. The first-order valence-electron chi connectivity index (χ1n) is 7.74. The molecule has 114 valence electrons. The van der Waals surface area contributed by atoms with Crippen molar-refractivity contribution in [3.8, 4) is 0 Å². The average Bonchev–Trinajstić information content (AvgIpc) is 2.58. The SMILES string of the molecule is Cc1ccc(/C(Cl)=C(\c2ccccc2)c2ccc(C)cc2)cc1. The van der Waals surface area contributed by atoms with E-state index in [0.29, 0.717) is 0 Å². The van der Waals surface area contributed by atoms with Crippen LogP contribution in [0.1, 0.15) is 27.8 Å². The quantitative estimate of drug-likeness (QED) is 0.486. The molecular formula is C22H19Cl. The van der Waals surface area contributed by atoms with Crippen molar-refractivity contribution >= 4 is 22.2 Å². The third-order valence-electron chi connectivity index (χ3n) is 3.93. The summed E-state index contributed by atoms with van der Waals surface area (Å²) >= 11 is 6.81. The predicted molar refractivity (Wildman–Crippen MR) is 101 cm³/mol. The number of aryl methyl sites for hydroxylation is 2. The zero-order chi connectivity index (χ0) is 16.2. The molecule has 3 rings (SSSR count). The molecule has 0 N–H and O–H groups in total. The largest absolute Gasteiger partial charge is 0.0830 e. The molecule has 0 atom stereocenters. The molecule has 23 heavy (non-hydrogen) atoms. The second kappa shape index (κ2) is 6.85. The van der Waals surface area contributed by atoms with E-state index in [-0.39, 0.29) is 0 Å². The molecule has 0 aliphatic carbocycles. The van der Waals surface area contributed by atoms with Crippen LogP contribution in [0.5, 0.6) is 0 Å². The van der Waals surface area contributed by atoms with Gasteiger partial charge in [-0.2, -0.15) is 0 Å². The average molecular weight is 319 g/mol.